The molecular formula is C34H82O23P6+6. The van der Waals surface area contributed by atoms with Crippen LogP contribution in [0.25, 0.3) is 0 Å². The Morgan fingerprint density at radius 2 is 0.667 bits per heavy atom. The van der Waals surface area contributed by atoms with Gasteiger partial charge >= 0.3 is 60.8 Å². The van der Waals surface area contributed by atoms with Crippen molar-refractivity contribution in [3.63, 3.8) is 0 Å². The highest BCUT2D eigenvalue weighted by atomic mass is 31.1. The van der Waals surface area contributed by atoms with Gasteiger partial charge in [-0.15, -0.1) is 41.8 Å². The molecule has 63 heavy (non-hydrogen) atoms. The lowest BCUT2D eigenvalue weighted by Gasteiger charge is -2.08. The minimum Gasteiger partial charge on any atom is -0.460 e. The number of rotatable bonds is 26. The highest BCUT2D eigenvalue weighted by Crippen LogP contribution is 2.20. The molecule has 0 aliphatic carbocycles. The van der Waals surface area contributed by atoms with E-state index in [0.717, 1.165) is 0 Å². The molecule has 0 aromatic carbocycles. The second kappa shape index (κ2) is 59.0. The van der Waals surface area contributed by atoms with E-state index < -0.39 is 55.0 Å². The van der Waals surface area contributed by atoms with E-state index in [-0.39, 0.29) is 84.4 Å². The molecule has 0 rings (SSSR count). The highest BCUT2D eigenvalue weighted by molar-refractivity contribution is 7.38. The topological polar surface area (TPSA) is 308 Å². The van der Waals surface area contributed by atoms with Gasteiger partial charge in [0.25, 0.3) is 0 Å². The van der Waals surface area contributed by atoms with Gasteiger partial charge in [0, 0.05) is 55.0 Å². The first-order valence-corrected chi connectivity index (χ1v) is 26.0. The lowest BCUT2D eigenvalue weighted by Crippen LogP contribution is -2.18. The second-order valence-electron chi connectivity index (χ2n) is 11.4. The molecule has 0 aliphatic heterocycles. The number of hydrogen-bond donors (Lipinski definition) is 3. The summed E-state index contributed by atoms with van der Waals surface area (Å²) in [7, 11) is -5.95. The predicted molar refractivity (Wildman–Crippen MR) is 244 cm³/mol. The molecule has 380 valence electrons. The number of carbonyl (C=O) groups is 2. The van der Waals surface area contributed by atoms with Gasteiger partial charge in [-0.1, -0.05) is 36.1 Å². The van der Waals surface area contributed by atoms with E-state index in [0.29, 0.717) is 32.8 Å². The smallest absolute Gasteiger partial charge is 0.460 e. The maximum absolute atomic E-state index is 10.7. The molecule has 0 aliphatic rings. The fraction of sp³-hybridized carbons (Fsp3) is 0.941. The van der Waals surface area contributed by atoms with E-state index in [9.17, 15) is 37.0 Å². The Morgan fingerprint density at radius 1 is 0.413 bits per heavy atom. The maximum atomic E-state index is 10.7. The first-order chi connectivity index (χ1) is 27.8. The van der Waals surface area contributed by atoms with Gasteiger partial charge in [0.15, 0.2) is 20.0 Å². The Labute approximate surface area is 382 Å². The van der Waals surface area contributed by atoms with Crippen LogP contribution in [-0.2, 0) is 92.5 Å². The lowest BCUT2D eigenvalue weighted by molar-refractivity contribution is -0.150. The Kier molecular flexibility index (Phi) is 77.0. The van der Waals surface area contributed by atoms with Crippen molar-refractivity contribution >= 4 is 60.8 Å². The largest absolute Gasteiger partial charge is 0.695 e. The van der Waals surface area contributed by atoms with Gasteiger partial charge in [-0.05, 0) is 55.2 Å². The summed E-state index contributed by atoms with van der Waals surface area (Å²) < 4.78 is 117. The predicted octanol–water partition coefficient (Wildman–Crippen LogP) is 8.82. The molecule has 3 N–H and O–H groups in total. The van der Waals surface area contributed by atoms with Crippen molar-refractivity contribution in [3.8, 4) is 0 Å². The van der Waals surface area contributed by atoms with Gasteiger partial charge < -0.3 is 28.4 Å². The van der Waals surface area contributed by atoms with Crippen LogP contribution < -0.4 is 0 Å². The molecule has 0 saturated heterocycles. The van der Waals surface area contributed by atoms with Crippen LogP contribution in [0, 0.1) is 0 Å². The molecule has 0 amide bonds. The van der Waals surface area contributed by atoms with Crippen LogP contribution in [0.1, 0.15) is 90.5 Å². The van der Waals surface area contributed by atoms with E-state index in [1.165, 1.54) is 34.2 Å². The first kappa shape index (κ1) is 82.1. The van der Waals surface area contributed by atoms with Crippen LogP contribution in [0.2, 0.25) is 0 Å². The molecule has 0 aromatic rings. The summed E-state index contributed by atoms with van der Waals surface area (Å²) >= 11 is 0. The average Bonchev–Trinajstić information content (AvgIpc) is 3.10. The maximum Gasteiger partial charge on any atom is 0.695 e. The Morgan fingerprint density at radius 3 is 0.857 bits per heavy atom. The van der Waals surface area contributed by atoms with Crippen molar-refractivity contribution in [1.29, 1.82) is 0 Å². The third-order valence-corrected chi connectivity index (χ3v) is 8.23. The summed E-state index contributed by atoms with van der Waals surface area (Å²) in [6.45, 7) is 20.0. The van der Waals surface area contributed by atoms with Crippen LogP contribution >= 0.6 is 48.8 Å². The zero-order chi connectivity index (χ0) is 48.2. The van der Waals surface area contributed by atoms with Gasteiger partial charge in [-0.2, -0.15) is 0 Å². The molecule has 0 aromatic heterocycles. The number of hydrogen-bond acceptors (Lipinski definition) is 20. The average molecular weight is 1040 g/mol. The third-order valence-electron chi connectivity index (χ3n) is 4.96. The monoisotopic (exact) mass is 1040 g/mol. The van der Waals surface area contributed by atoms with Crippen molar-refractivity contribution in [2.45, 2.75) is 127 Å². The Bertz CT molecular complexity index is 1020. The van der Waals surface area contributed by atoms with Gasteiger partial charge in [0.2, 0.25) is 0 Å². The normalized spacial score (nSPS) is 13.9. The summed E-state index contributed by atoms with van der Waals surface area (Å²) in [6.07, 6.45) is -0.933. The summed E-state index contributed by atoms with van der Waals surface area (Å²) in [6, 6.07) is 0. The second-order valence-corrected chi connectivity index (χ2v) is 16.8. The molecule has 0 spiro atoms. The molecule has 23 nitrogen and oxygen atoms in total. The third kappa shape index (κ3) is 88.5. The van der Waals surface area contributed by atoms with Crippen LogP contribution in [0.15, 0.2) is 0 Å². The zero-order valence-corrected chi connectivity index (χ0v) is 42.7. The van der Waals surface area contributed by atoms with Crippen molar-refractivity contribution in [3.05, 3.63) is 0 Å². The van der Waals surface area contributed by atoms with E-state index in [1.54, 1.807) is 55.8 Å². The summed E-state index contributed by atoms with van der Waals surface area (Å²) in [5.74, 6) is -0.614. The van der Waals surface area contributed by atoms with Crippen LogP contribution in [0.5, 0.6) is 0 Å². The number of ether oxygens (including phenoxy) is 6. The van der Waals surface area contributed by atoms with Crippen LogP contribution in [0.4, 0.5) is 0 Å². The highest BCUT2D eigenvalue weighted by Gasteiger charge is 2.20. The van der Waals surface area contributed by atoms with Crippen molar-refractivity contribution in [2.75, 3.05) is 88.1 Å². The molecule has 0 radical (unpaired) electrons. The van der Waals surface area contributed by atoms with Crippen LogP contribution in [-0.4, -0.2) is 151 Å². The SMILES string of the molecule is C.C.C.CCC(=O)OC(C)CO[P+](=O)O.CCC(=O)OC(C)CO[P+](C)=O.COCC(C)O[P+](=O)O.COCC(C)O[P+](=O)O.COCC(C)O[P+](C)=O.COCC(C)O[P+](C)=O. The van der Waals surface area contributed by atoms with Crippen molar-refractivity contribution in [2.24, 2.45) is 0 Å². The Hall–Kier alpha value is -0.980. The summed E-state index contributed by atoms with van der Waals surface area (Å²) in [4.78, 5) is 46.0. The summed E-state index contributed by atoms with van der Waals surface area (Å²) in [5, 5.41) is 0. The molecule has 12 atom stereocenters. The molecule has 0 fully saturated rings. The quantitative estimate of drug-likeness (QED) is 0.0538. The number of carbonyl (C=O) groups excluding carboxylic acids is 2. The van der Waals surface area contributed by atoms with Gasteiger partial charge in [0.1, 0.15) is 49.8 Å². The van der Waals surface area contributed by atoms with E-state index >= 15 is 0 Å². The number of methoxy groups -OCH3 is 4. The standard InChI is InChI=1S/C7H14O4P.C6H11O5P.2C5H12O3P.2C4H9O4P.3CH4/c1-4-7(8)11-6(2)5-10-12(3)9;1-3-6(7)11-5(2)4-10-12(8)9;2*1-5(4-7-2)8-9(3)6;2*1-4(3-7-2)8-9(5)6;;;/h6H,4-5H2,1-3H3;5H,3-4H2,1-2H3;2*5H,4H2,1-3H3;2*4H,3H2,1-2H3;3*1H4/q+1;;2*+1;;;;;/p+3. The van der Waals surface area contributed by atoms with Gasteiger partial charge in [-0.25, -0.2) is 0 Å². The molecule has 0 saturated carbocycles. The lowest BCUT2D eigenvalue weighted by atomic mass is 10.4. The van der Waals surface area contributed by atoms with Crippen molar-refractivity contribution in [1.82, 2.24) is 0 Å². The number of esters is 2. The molecule has 29 heteroatoms. The molecule has 0 bridgehead atoms. The fourth-order valence-electron chi connectivity index (χ4n) is 2.94. The minimum atomic E-state index is -2.60. The molecule has 0 heterocycles. The summed E-state index contributed by atoms with van der Waals surface area (Å²) in [5.41, 5.74) is 0. The van der Waals surface area contributed by atoms with Gasteiger partial charge in [-0.3, -0.25) is 9.59 Å². The van der Waals surface area contributed by atoms with E-state index in [4.69, 9.17) is 47.2 Å². The van der Waals surface area contributed by atoms with E-state index in [2.05, 4.69) is 23.0 Å². The Balaban J connectivity index is -0.0000000790. The van der Waals surface area contributed by atoms with Crippen molar-refractivity contribution < 1.29 is 107 Å². The molecular weight excluding hydrogens is 962 g/mol. The molecule has 12 unspecified atom stereocenters. The minimum absolute atomic E-state index is 0. The van der Waals surface area contributed by atoms with Gasteiger partial charge in [0.05, 0.1) is 26.4 Å². The van der Waals surface area contributed by atoms with E-state index in [1.807, 2.05) is 13.8 Å². The fourth-order valence-corrected chi connectivity index (χ4v) is 5.57. The first-order valence-electron chi connectivity index (χ1n) is 17.8. The van der Waals surface area contributed by atoms with Crippen LogP contribution in [0.3, 0.4) is 0 Å². The zero-order valence-electron chi connectivity index (χ0n) is 37.3.